The molecule has 0 saturated heterocycles. The molecule has 7 nitrogen and oxygen atoms in total. The van der Waals surface area contributed by atoms with Crippen LogP contribution in [0.5, 0.6) is 5.75 Å². The summed E-state index contributed by atoms with van der Waals surface area (Å²) >= 11 is 0. The third-order valence-corrected chi connectivity index (χ3v) is 3.46. The molecule has 0 unspecified atom stereocenters. The van der Waals surface area contributed by atoms with Crippen molar-refractivity contribution < 1.29 is 19.2 Å². The van der Waals surface area contributed by atoms with Gasteiger partial charge < -0.3 is 9.47 Å². The Kier molecular flexibility index (Phi) is 4.49. The van der Waals surface area contributed by atoms with Crippen LogP contribution in [0.1, 0.15) is 25.7 Å². The number of rotatable bonds is 4. The summed E-state index contributed by atoms with van der Waals surface area (Å²) in [5.41, 5.74) is -0.136. The predicted molar refractivity (Wildman–Crippen MR) is 69.3 cm³/mol. The van der Waals surface area contributed by atoms with E-state index in [-0.39, 0.29) is 29.4 Å². The van der Waals surface area contributed by atoms with Gasteiger partial charge in [0.2, 0.25) is 5.75 Å². The number of carbonyl (C=O) groups excluding carboxylic acids is 1. The van der Waals surface area contributed by atoms with Gasteiger partial charge in [-0.15, -0.1) is 0 Å². The highest BCUT2D eigenvalue weighted by molar-refractivity contribution is 5.72. The van der Waals surface area contributed by atoms with Crippen LogP contribution >= 0.6 is 0 Å². The van der Waals surface area contributed by atoms with Crippen LogP contribution in [0, 0.1) is 16.0 Å². The first-order valence-corrected chi connectivity index (χ1v) is 6.44. The number of ether oxygens (including phenoxy) is 2. The van der Waals surface area contributed by atoms with Crippen LogP contribution in [-0.2, 0) is 9.53 Å². The van der Waals surface area contributed by atoms with Gasteiger partial charge in [-0.05, 0) is 25.7 Å². The second-order valence-electron chi connectivity index (χ2n) is 4.72. The summed E-state index contributed by atoms with van der Waals surface area (Å²) in [6.07, 6.45) is 5.24. The predicted octanol–water partition coefficient (Wildman–Crippen LogP) is 2.10. The topological polar surface area (TPSA) is 91.6 Å². The van der Waals surface area contributed by atoms with E-state index < -0.39 is 4.92 Å². The van der Waals surface area contributed by atoms with E-state index in [1.165, 1.54) is 25.6 Å². The number of hydrogen-bond acceptors (Lipinski definition) is 6. The van der Waals surface area contributed by atoms with E-state index in [4.69, 9.17) is 9.47 Å². The number of carbonyl (C=O) groups is 1. The zero-order chi connectivity index (χ0) is 14.5. The van der Waals surface area contributed by atoms with Crippen molar-refractivity contribution in [1.82, 2.24) is 4.98 Å². The summed E-state index contributed by atoms with van der Waals surface area (Å²) in [6.45, 7) is 0. The third-order valence-electron chi connectivity index (χ3n) is 3.46. The first kappa shape index (κ1) is 14.2. The van der Waals surface area contributed by atoms with Crippen molar-refractivity contribution >= 4 is 11.7 Å². The van der Waals surface area contributed by atoms with E-state index in [2.05, 4.69) is 4.98 Å². The highest BCUT2D eigenvalue weighted by Gasteiger charge is 2.29. The molecular weight excluding hydrogens is 264 g/mol. The van der Waals surface area contributed by atoms with Gasteiger partial charge in [0.15, 0.2) is 0 Å². The molecule has 20 heavy (non-hydrogen) atoms. The van der Waals surface area contributed by atoms with Crippen molar-refractivity contribution in [3.8, 4) is 5.75 Å². The molecule has 7 heteroatoms. The SMILES string of the molecule is COC(=O)C1CCC(Oc2ccncc2[N+](=O)[O-])CC1. The summed E-state index contributed by atoms with van der Waals surface area (Å²) in [5.74, 6) is -0.0582. The lowest BCUT2D eigenvalue weighted by atomic mass is 9.87. The van der Waals surface area contributed by atoms with Crippen molar-refractivity contribution in [1.29, 1.82) is 0 Å². The van der Waals surface area contributed by atoms with Crippen LogP contribution in [0.3, 0.4) is 0 Å². The molecule has 1 aromatic rings. The number of esters is 1. The van der Waals surface area contributed by atoms with Gasteiger partial charge >= 0.3 is 11.7 Å². The van der Waals surface area contributed by atoms with Crippen molar-refractivity contribution in [2.45, 2.75) is 31.8 Å². The highest BCUT2D eigenvalue weighted by atomic mass is 16.6. The zero-order valence-electron chi connectivity index (χ0n) is 11.2. The van der Waals surface area contributed by atoms with E-state index in [9.17, 15) is 14.9 Å². The van der Waals surface area contributed by atoms with Crippen LogP contribution in [0.25, 0.3) is 0 Å². The number of nitrogens with zero attached hydrogens (tertiary/aromatic N) is 2. The van der Waals surface area contributed by atoms with Gasteiger partial charge in [-0.3, -0.25) is 19.9 Å². The molecule has 1 heterocycles. The Morgan fingerprint density at radius 2 is 2.10 bits per heavy atom. The third kappa shape index (κ3) is 3.23. The maximum absolute atomic E-state index is 11.4. The molecule has 0 spiro atoms. The lowest BCUT2D eigenvalue weighted by Crippen LogP contribution is -2.28. The van der Waals surface area contributed by atoms with Crippen molar-refractivity contribution in [3.63, 3.8) is 0 Å². The van der Waals surface area contributed by atoms with Crippen molar-refractivity contribution in [3.05, 3.63) is 28.6 Å². The summed E-state index contributed by atoms with van der Waals surface area (Å²) in [5, 5.41) is 10.9. The lowest BCUT2D eigenvalue weighted by Gasteiger charge is -2.27. The van der Waals surface area contributed by atoms with E-state index in [1.807, 2.05) is 0 Å². The van der Waals surface area contributed by atoms with Crippen LogP contribution in [-0.4, -0.2) is 29.1 Å². The molecule has 0 radical (unpaired) electrons. The second kappa shape index (κ2) is 6.31. The van der Waals surface area contributed by atoms with E-state index >= 15 is 0 Å². The minimum atomic E-state index is -0.511. The number of hydrogen-bond donors (Lipinski definition) is 0. The van der Waals surface area contributed by atoms with E-state index in [0.717, 1.165) is 0 Å². The second-order valence-corrected chi connectivity index (χ2v) is 4.72. The first-order valence-electron chi connectivity index (χ1n) is 6.44. The lowest BCUT2D eigenvalue weighted by molar-refractivity contribution is -0.386. The largest absolute Gasteiger partial charge is 0.483 e. The molecule has 1 fully saturated rings. The van der Waals surface area contributed by atoms with E-state index in [1.54, 1.807) is 0 Å². The normalized spacial score (nSPS) is 22.1. The Hall–Kier alpha value is -2.18. The fourth-order valence-corrected chi connectivity index (χ4v) is 2.37. The highest BCUT2D eigenvalue weighted by Crippen LogP contribution is 2.31. The maximum Gasteiger partial charge on any atom is 0.329 e. The first-order chi connectivity index (χ1) is 9.61. The van der Waals surface area contributed by atoms with Crippen LogP contribution < -0.4 is 4.74 Å². The standard InChI is InChI=1S/C13H16N2O5/c1-19-13(16)9-2-4-10(5-3-9)20-12-6-7-14-8-11(12)15(17)18/h6-10H,2-5H2,1H3. The summed E-state index contributed by atoms with van der Waals surface area (Å²) in [6, 6.07) is 1.49. The monoisotopic (exact) mass is 280 g/mol. The molecule has 1 aromatic heterocycles. The summed E-state index contributed by atoms with van der Waals surface area (Å²) < 4.78 is 10.4. The van der Waals surface area contributed by atoms with Crippen LogP contribution in [0.2, 0.25) is 0 Å². The van der Waals surface area contributed by atoms with Gasteiger partial charge in [0.05, 0.1) is 24.1 Å². The van der Waals surface area contributed by atoms with Gasteiger partial charge in [-0.25, -0.2) is 0 Å². The summed E-state index contributed by atoms with van der Waals surface area (Å²) in [7, 11) is 1.38. The van der Waals surface area contributed by atoms with Gasteiger partial charge in [-0.2, -0.15) is 0 Å². The van der Waals surface area contributed by atoms with Gasteiger partial charge in [0, 0.05) is 12.3 Å². The minimum absolute atomic E-state index is 0.0905. The van der Waals surface area contributed by atoms with Crippen molar-refractivity contribution in [2.24, 2.45) is 5.92 Å². The molecule has 0 bridgehead atoms. The van der Waals surface area contributed by atoms with Gasteiger partial charge in [0.1, 0.15) is 6.20 Å². The molecular formula is C13H16N2O5. The van der Waals surface area contributed by atoms with Gasteiger partial charge in [0.25, 0.3) is 0 Å². The van der Waals surface area contributed by atoms with E-state index in [0.29, 0.717) is 25.7 Å². The molecule has 0 amide bonds. The van der Waals surface area contributed by atoms with Crippen LogP contribution in [0.4, 0.5) is 5.69 Å². The molecule has 1 saturated carbocycles. The number of methoxy groups -OCH3 is 1. The molecule has 0 aromatic carbocycles. The summed E-state index contributed by atoms with van der Waals surface area (Å²) in [4.78, 5) is 25.5. The fraction of sp³-hybridized carbons (Fsp3) is 0.538. The smallest absolute Gasteiger partial charge is 0.329 e. The number of nitro groups is 1. The van der Waals surface area contributed by atoms with Crippen molar-refractivity contribution in [2.75, 3.05) is 7.11 Å². The molecule has 0 N–H and O–H groups in total. The van der Waals surface area contributed by atoms with Crippen LogP contribution in [0.15, 0.2) is 18.5 Å². The maximum atomic E-state index is 11.4. The molecule has 1 aliphatic carbocycles. The average Bonchev–Trinajstić information content (AvgIpc) is 2.47. The quantitative estimate of drug-likeness (QED) is 0.476. The molecule has 2 rings (SSSR count). The van der Waals surface area contributed by atoms with Gasteiger partial charge in [-0.1, -0.05) is 0 Å². The Labute approximate surface area is 116 Å². The fourth-order valence-electron chi connectivity index (χ4n) is 2.37. The minimum Gasteiger partial charge on any atom is -0.483 e. The Morgan fingerprint density at radius 3 is 2.70 bits per heavy atom. The zero-order valence-corrected chi connectivity index (χ0v) is 11.2. The Bertz CT molecular complexity index is 497. The number of pyridine rings is 1. The molecule has 0 atom stereocenters. The number of aromatic nitrogens is 1. The molecule has 1 aliphatic rings. The Balaban J connectivity index is 1.96. The average molecular weight is 280 g/mol. The molecule has 0 aliphatic heterocycles. The molecule has 108 valence electrons. The Morgan fingerprint density at radius 1 is 1.40 bits per heavy atom.